The average molecular weight is 384 g/mol. The molecule has 0 radical (unpaired) electrons. The van der Waals surface area contributed by atoms with Crippen LogP contribution in [0, 0.1) is 0 Å². The molecule has 6 nitrogen and oxygen atoms in total. The molecule has 1 atom stereocenters. The maximum atomic E-state index is 12.0. The molecular weight excluding hydrogens is 362 g/mol. The monoisotopic (exact) mass is 383 g/mol. The average Bonchev–Trinajstić information content (AvgIpc) is 3.00. The highest BCUT2D eigenvalue weighted by molar-refractivity contribution is 8.00. The molecule has 0 aliphatic heterocycles. The van der Waals surface area contributed by atoms with Crippen LogP contribution in [-0.2, 0) is 22.7 Å². The lowest BCUT2D eigenvalue weighted by atomic mass is 10.3. The van der Waals surface area contributed by atoms with Crippen molar-refractivity contribution < 1.29 is 14.3 Å². The van der Waals surface area contributed by atoms with E-state index < -0.39 is 0 Å². The van der Waals surface area contributed by atoms with E-state index in [4.69, 9.17) is 21.1 Å². The van der Waals surface area contributed by atoms with Crippen molar-refractivity contribution in [3.63, 3.8) is 0 Å². The molecule has 1 aromatic heterocycles. The molecule has 8 heteroatoms. The van der Waals surface area contributed by atoms with Crippen LogP contribution in [-0.4, -0.2) is 32.6 Å². The molecule has 2 aromatic rings. The number of carbonyl (C=O) groups excluding carboxylic acids is 1. The first-order chi connectivity index (χ1) is 12.1. The van der Waals surface area contributed by atoms with Gasteiger partial charge in [0.1, 0.15) is 17.6 Å². The van der Waals surface area contributed by atoms with Gasteiger partial charge in [0.15, 0.2) is 11.0 Å². The molecule has 0 saturated heterocycles. The van der Waals surface area contributed by atoms with E-state index in [1.807, 2.05) is 18.4 Å². The molecule has 1 aromatic carbocycles. The number of nitrogens with zero attached hydrogens (tertiary/aromatic N) is 3. The molecule has 136 valence electrons. The maximum absolute atomic E-state index is 12.0. The Balaban J connectivity index is 2.06. The molecule has 0 saturated carbocycles. The number of hydrogen-bond acceptors (Lipinski definition) is 6. The zero-order chi connectivity index (χ0) is 18.2. The molecule has 0 bridgehead atoms. The van der Waals surface area contributed by atoms with Crippen LogP contribution in [0.1, 0.15) is 33.0 Å². The largest absolute Gasteiger partial charge is 0.486 e. The van der Waals surface area contributed by atoms with E-state index >= 15 is 0 Å². The van der Waals surface area contributed by atoms with Gasteiger partial charge in [-0.3, -0.25) is 4.79 Å². The molecular formula is C17H22ClN3O3S. The number of halogens is 1. The summed E-state index contributed by atoms with van der Waals surface area (Å²) in [6.45, 7) is 7.11. The number of benzene rings is 1. The van der Waals surface area contributed by atoms with Crippen molar-refractivity contribution in [1.82, 2.24) is 14.8 Å². The maximum Gasteiger partial charge on any atom is 0.319 e. The minimum atomic E-state index is -0.292. The molecule has 0 unspecified atom stereocenters. The van der Waals surface area contributed by atoms with Gasteiger partial charge in [-0.1, -0.05) is 30.3 Å². The molecule has 0 aliphatic carbocycles. The quantitative estimate of drug-likeness (QED) is 0.482. The van der Waals surface area contributed by atoms with E-state index in [-0.39, 0.29) is 11.2 Å². The third kappa shape index (κ3) is 5.37. The fourth-order valence-electron chi connectivity index (χ4n) is 2.17. The van der Waals surface area contributed by atoms with Crippen molar-refractivity contribution in [2.24, 2.45) is 0 Å². The molecule has 0 spiro atoms. The molecule has 0 fully saturated rings. The number of esters is 1. The van der Waals surface area contributed by atoms with Gasteiger partial charge in [0.05, 0.1) is 6.61 Å². The van der Waals surface area contributed by atoms with Crippen molar-refractivity contribution in [1.29, 1.82) is 0 Å². The summed E-state index contributed by atoms with van der Waals surface area (Å²) in [4.78, 5) is 12.0. The van der Waals surface area contributed by atoms with Crippen LogP contribution in [0.5, 0.6) is 5.75 Å². The summed E-state index contributed by atoms with van der Waals surface area (Å²) < 4.78 is 12.8. The molecule has 0 N–H and O–H groups in total. The molecule has 25 heavy (non-hydrogen) atoms. The number of aromatic nitrogens is 3. The number of carbonyl (C=O) groups is 1. The smallest absolute Gasteiger partial charge is 0.319 e. The summed E-state index contributed by atoms with van der Waals surface area (Å²) >= 11 is 7.24. The highest BCUT2D eigenvalue weighted by atomic mass is 35.5. The molecule has 1 heterocycles. The van der Waals surface area contributed by atoms with E-state index in [1.165, 1.54) is 11.8 Å². The highest BCUT2D eigenvalue weighted by Gasteiger charge is 2.23. The third-order valence-corrected chi connectivity index (χ3v) is 5.03. The van der Waals surface area contributed by atoms with E-state index in [9.17, 15) is 4.79 Å². The Hall–Kier alpha value is -1.73. The highest BCUT2D eigenvalue weighted by Crippen LogP contribution is 2.26. The van der Waals surface area contributed by atoms with Crippen LogP contribution in [0.15, 0.2) is 29.4 Å². The second-order valence-electron chi connectivity index (χ2n) is 5.15. The first-order valence-electron chi connectivity index (χ1n) is 8.22. The van der Waals surface area contributed by atoms with E-state index in [1.54, 1.807) is 31.2 Å². The van der Waals surface area contributed by atoms with E-state index in [0.717, 1.165) is 0 Å². The minimum absolute atomic E-state index is 0.223. The number of hydrogen-bond donors (Lipinski definition) is 0. The number of rotatable bonds is 9. The second-order valence-corrected chi connectivity index (χ2v) is 6.76. The first-order valence-corrected chi connectivity index (χ1v) is 9.48. The van der Waals surface area contributed by atoms with Crippen molar-refractivity contribution >= 4 is 29.3 Å². The summed E-state index contributed by atoms with van der Waals surface area (Å²) in [5.74, 6) is 1.19. The molecule has 0 amide bonds. The second kappa shape index (κ2) is 9.68. The Labute approximate surface area is 156 Å². The van der Waals surface area contributed by atoms with Crippen LogP contribution in [0.4, 0.5) is 0 Å². The van der Waals surface area contributed by atoms with Crippen LogP contribution in [0.2, 0.25) is 5.02 Å². The Bertz CT molecular complexity index is 691. The van der Waals surface area contributed by atoms with Gasteiger partial charge in [-0.05, 0) is 44.5 Å². The zero-order valence-corrected chi connectivity index (χ0v) is 16.1. The van der Waals surface area contributed by atoms with Gasteiger partial charge >= 0.3 is 5.97 Å². The Kier molecular flexibility index (Phi) is 7.58. The number of ether oxygens (including phenoxy) is 2. The van der Waals surface area contributed by atoms with Crippen LogP contribution >= 0.6 is 23.4 Å². The van der Waals surface area contributed by atoms with E-state index in [2.05, 4.69) is 10.2 Å². The van der Waals surface area contributed by atoms with Gasteiger partial charge in [-0.15, -0.1) is 10.2 Å². The van der Waals surface area contributed by atoms with Gasteiger partial charge in [0, 0.05) is 11.6 Å². The van der Waals surface area contributed by atoms with Gasteiger partial charge in [-0.2, -0.15) is 0 Å². The predicted molar refractivity (Wildman–Crippen MR) is 98.0 cm³/mol. The third-order valence-electron chi connectivity index (χ3n) is 3.46. The fraction of sp³-hybridized carbons (Fsp3) is 0.471. The summed E-state index contributed by atoms with van der Waals surface area (Å²) in [6, 6.07) is 7.15. The fourth-order valence-corrected chi connectivity index (χ4v) is 3.33. The SMILES string of the molecule is CCOC(=O)[C@H](CC)Sc1nnc(COc2ccc(Cl)cc2)n1CC. The zero-order valence-electron chi connectivity index (χ0n) is 14.6. The Morgan fingerprint density at radius 3 is 2.56 bits per heavy atom. The lowest BCUT2D eigenvalue weighted by Gasteiger charge is -2.13. The Morgan fingerprint density at radius 1 is 1.24 bits per heavy atom. The standard InChI is InChI=1S/C17H22ClN3O3S/c1-4-14(16(22)23-6-3)25-17-20-19-15(21(17)5-2)11-24-13-9-7-12(18)8-10-13/h7-10,14H,4-6,11H2,1-3H3/t14-/m0/s1. The summed E-state index contributed by atoms with van der Waals surface area (Å²) in [5, 5.41) is 9.47. The van der Waals surface area contributed by atoms with Gasteiger partial charge in [-0.25, -0.2) is 0 Å². The molecule has 2 rings (SSSR count). The Morgan fingerprint density at radius 2 is 1.96 bits per heavy atom. The van der Waals surface area contributed by atoms with Crippen LogP contribution < -0.4 is 4.74 Å². The van der Waals surface area contributed by atoms with Gasteiger partial charge in [0.25, 0.3) is 0 Å². The number of thioether (sulfide) groups is 1. The van der Waals surface area contributed by atoms with Crippen molar-refractivity contribution in [2.75, 3.05) is 6.61 Å². The lowest BCUT2D eigenvalue weighted by molar-refractivity contribution is -0.142. The normalized spacial score (nSPS) is 12.0. The summed E-state index contributed by atoms with van der Waals surface area (Å²) in [7, 11) is 0. The van der Waals surface area contributed by atoms with Crippen molar-refractivity contribution in [3.05, 3.63) is 35.1 Å². The van der Waals surface area contributed by atoms with Crippen molar-refractivity contribution in [3.8, 4) is 5.75 Å². The predicted octanol–water partition coefficient (Wildman–Crippen LogP) is 3.96. The minimum Gasteiger partial charge on any atom is -0.486 e. The van der Waals surface area contributed by atoms with Gasteiger partial charge in [0.2, 0.25) is 0 Å². The van der Waals surface area contributed by atoms with E-state index in [0.29, 0.717) is 47.9 Å². The van der Waals surface area contributed by atoms with Crippen LogP contribution in [0.3, 0.4) is 0 Å². The topological polar surface area (TPSA) is 66.2 Å². The summed E-state index contributed by atoms with van der Waals surface area (Å²) in [6.07, 6.45) is 0.663. The summed E-state index contributed by atoms with van der Waals surface area (Å²) in [5.41, 5.74) is 0. The molecule has 0 aliphatic rings. The van der Waals surface area contributed by atoms with Crippen molar-refractivity contribution in [2.45, 2.75) is 50.8 Å². The first kappa shape index (κ1) is 19.6. The van der Waals surface area contributed by atoms with Gasteiger partial charge < -0.3 is 14.0 Å². The lowest BCUT2D eigenvalue weighted by Crippen LogP contribution is -2.20. The van der Waals surface area contributed by atoms with Crippen LogP contribution in [0.25, 0.3) is 0 Å².